The smallest absolute Gasteiger partial charge is 0.261 e. The summed E-state index contributed by atoms with van der Waals surface area (Å²) in [5, 5.41) is 0. The third-order valence-electron chi connectivity index (χ3n) is 5.52. The van der Waals surface area contributed by atoms with Crippen molar-refractivity contribution in [3.05, 3.63) is 54.1 Å². The van der Waals surface area contributed by atoms with Crippen LogP contribution >= 0.6 is 0 Å². The number of nitrogens with zero attached hydrogens (tertiary/aromatic N) is 1. The average Bonchev–Trinajstić information content (AvgIpc) is 2.68. The maximum atomic E-state index is 12.8. The summed E-state index contributed by atoms with van der Waals surface area (Å²) in [6.45, 7) is 9.35. The van der Waals surface area contributed by atoms with Crippen molar-refractivity contribution < 1.29 is 16.8 Å². The minimum Gasteiger partial charge on any atom is -0.280 e. The normalized spacial score (nSPS) is 17.1. The Balaban J connectivity index is 1.75. The zero-order chi connectivity index (χ0) is 22.2. The Kier molecular flexibility index (Phi) is 6.32. The summed E-state index contributed by atoms with van der Waals surface area (Å²) in [6, 6.07) is 12.7. The maximum Gasteiger partial charge on any atom is 0.261 e. The summed E-state index contributed by atoms with van der Waals surface area (Å²) in [5.74, 6) is 0.533. The molecule has 1 fully saturated rings. The van der Waals surface area contributed by atoms with Crippen molar-refractivity contribution in [1.29, 1.82) is 0 Å². The molecule has 1 heterocycles. The summed E-state index contributed by atoms with van der Waals surface area (Å²) in [7, 11) is -7.32. The zero-order valence-electron chi connectivity index (χ0n) is 17.9. The van der Waals surface area contributed by atoms with Gasteiger partial charge in [0, 0.05) is 18.8 Å². The third-order valence-corrected chi connectivity index (χ3v) is 8.83. The second kappa shape index (κ2) is 8.32. The molecule has 0 aliphatic carbocycles. The lowest BCUT2D eigenvalue weighted by molar-refractivity contribution is 0.288. The molecule has 0 unspecified atom stereocenters. The molecule has 1 aliphatic heterocycles. The van der Waals surface area contributed by atoms with Crippen molar-refractivity contribution in [1.82, 2.24) is 4.31 Å². The summed E-state index contributed by atoms with van der Waals surface area (Å²) >= 11 is 0. The van der Waals surface area contributed by atoms with Gasteiger partial charge in [-0.2, -0.15) is 4.31 Å². The van der Waals surface area contributed by atoms with Crippen LogP contribution in [0.15, 0.2) is 58.3 Å². The molecule has 30 heavy (non-hydrogen) atoms. The molecule has 6 nitrogen and oxygen atoms in total. The van der Waals surface area contributed by atoms with E-state index in [1.54, 1.807) is 12.1 Å². The first-order valence-electron chi connectivity index (χ1n) is 10.1. The van der Waals surface area contributed by atoms with E-state index in [0.29, 0.717) is 24.7 Å². The summed E-state index contributed by atoms with van der Waals surface area (Å²) in [5.41, 5.74) is 1.30. The largest absolute Gasteiger partial charge is 0.280 e. The monoisotopic (exact) mass is 450 g/mol. The fraction of sp³-hybridized carbons (Fsp3) is 0.455. The van der Waals surface area contributed by atoms with Crippen LogP contribution in [0.3, 0.4) is 0 Å². The van der Waals surface area contributed by atoms with E-state index in [1.807, 2.05) is 12.1 Å². The molecule has 2 aromatic rings. The van der Waals surface area contributed by atoms with Gasteiger partial charge in [-0.15, -0.1) is 0 Å². The predicted octanol–water partition coefficient (Wildman–Crippen LogP) is 4.21. The topological polar surface area (TPSA) is 83.6 Å². The molecule has 0 aromatic heterocycles. The summed E-state index contributed by atoms with van der Waals surface area (Å²) in [4.78, 5) is 0.337. The quantitative estimate of drug-likeness (QED) is 0.740. The van der Waals surface area contributed by atoms with Crippen LogP contribution < -0.4 is 4.72 Å². The predicted molar refractivity (Wildman–Crippen MR) is 120 cm³/mol. The number of nitrogens with one attached hydrogen (secondary N) is 1. The lowest BCUT2D eigenvalue weighted by Gasteiger charge is -2.29. The highest BCUT2D eigenvalue weighted by molar-refractivity contribution is 7.92. The van der Waals surface area contributed by atoms with Crippen molar-refractivity contribution in [3.63, 3.8) is 0 Å². The highest BCUT2D eigenvalue weighted by atomic mass is 32.2. The number of piperidine rings is 1. The first-order valence-corrected chi connectivity index (χ1v) is 13.1. The Morgan fingerprint density at radius 2 is 1.33 bits per heavy atom. The molecule has 0 amide bonds. The van der Waals surface area contributed by atoms with Gasteiger partial charge in [0.05, 0.1) is 9.79 Å². The lowest BCUT2D eigenvalue weighted by atomic mass is 9.87. The number of anilines is 1. The van der Waals surface area contributed by atoms with Crippen molar-refractivity contribution in [3.8, 4) is 0 Å². The third kappa shape index (κ3) is 5.04. The Morgan fingerprint density at radius 1 is 0.833 bits per heavy atom. The van der Waals surface area contributed by atoms with E-state index in [2.05, 4.69) is 32.4 Å². The van der Waals surface area contributed by atoms with E-state index in [9.17, 15) is 16.8 Å². The van der Waals surface area contributed by atoms with Gasteiger partial charge in [-0.05, 0) is 66.1 Å². The molecule has 8 heteroatoms. The first kappa shape index (κ1) is 22.8. The minimum absolute atomic E-state index is 0.0660. The number of benzene rings is 2. The van der Waals surface area contributed by atoms with Gasteiger partial charge >= 0.3 is 0 Å². The van der Waals surface area contributed by atoms with E-state index >= 15 is 0 Å². The van der Waals surface area contributed by atoms with Gasteiger partial charge < -0.3 is 0 Å². The van der Waals surface area contributed by atoms with E-state index in [4.69, 9.17) is 0 Å². The zero-order valence-corrected chi connectivity index (χ0v) is 19.6. The van der Waals surface area contributed by atoms with Gasteiger partial charge in [0.1, 0.15) is 0 Å². The van der Waals surface area contributed by atoms with Crippen LogP contribution in [-0.4, -0.2) is 34.2 Å². The molecule has 3 rings (SSSR count). The van der Waals surface area contributed by atoms with Crippen LogP contribution in [0.1, 0.15) is 46.1 Å². The van der Waals surface area contributed by atoms with Crippen LogP contribution in [0.2, 0.25) is 0 Å². The highest BCUT2D eigenvalue weighted by Gasteiger charge is 2.28. The van der Waals surface area contributed by atoms with Crippen LogP contribution in [0, 0.1) is 5.92 Å². The van der Waals surface area contributed by atoms with Gasteiger partial charge in [-0.1, -0.05) is 39.8 Å². The molecule has 1 saturated heterocycles. The summed E-state index contributed by atoms with van der Waals surface area (Å²) in [6.07, 6.45) is 1.70. The van der Waals surface area contributed by atoms with Gasteiger partial charge in [-0.3, -0.25) is 4.72 Å². The Bertz CT molecular complexity index is 1080. The minimum atomic E-state index is -3.76. The van der Waals surface area contributed by atoms with Crippen molar-refractivity contribution >= 4 is 25.7 Å². The SMILES string of the molecule is CC1CCN(S(=O)(=O)c2ccc(NS(=O)(=O)c3ccc(C(C)(C)C)cc3)cc2)CC1. The Hall–Kier alpha value is -1.90. The van der Waals surface area contributed by atoms with Gasteiger partial charge in [-0.25, -0.2) is 16.8 Å². The van der Waals surface area contributed by atoms with Crippen molar-refractivity contribution in [2.24, 2.45) is 5.92 Å². The second-order valence-corrected chi connectivity index (χ2v) is 12.6. The average molecular weight is 451 g/mol. The molecule has 164 valence electrons. The van der Waals surface area contributed by atoms with Crippen LogP contribution in [-0.2, 0) is 25.5 Å². The summed E-state index contributed by atoms with van der Waals surface area (Å²) < 4.78 is 55.0. The Morgan fingerprint density at radius 3 is 1.83 bits per heavy atom. The molecule has 0 radical (unpaired) electrons. The highest BCUT2D eigenvalue weighted by Crippen LogP contribution is 2.26. The number of sulfonamides is 2. The molecule has 0 atom stereocenters. The number of hydrogen-bond donors (Lipinski definition) is 1. The van der Waals surface area contributed by atoms with Gasteiger partial charge in [0.15, 0.2) is 0 Å². The molecule has 0 bridgehead atoms. The maximum absolute atomic E-state index is 12.8. The molecular weight excluding hydrogens is 420 g/mol. The van der Waals surface area contributed by atoms with Crippen molar-refractivity contribution in [2.75, 3.05) is 17.8 Å². The van der Waals surface area contributed by atoms with Gasteiger partial charge in [0.2, 0.25) is 10.0 Å². The van der Waals surface area contributed by atoms with Crippen LogP contribution in [0.4, 0.5) is 5.69 Å². The van der Waals surface area contributed by atoms with E-state index < -0.39 is 20.0 Å². The van der Waals surface area contributed by atoms with E-state index in [0.717, 1.165) is 18.4 Å². The molecular formula is C22H30N2O4S2. The molecule has 1 aliphatic rings. The fourth-order valence-electron chi connectivity index (χ4n) is 3.42. The standard InChI is InChI=1S/C22H30N2O4S2/c1-17-13-15-24(16-14-17)30(27,28)21-11-7-19(8-12-21)23-29(25,26)20-9-5-18(6-10-20)22(2,3)4/h5-12,17,23H,13-16H2,1-4H3. The molecule has 0 saturated carbocycles. The van der Waals surface area contributed by atoms with E-state index in [1.165, 1.54) is 28.6 Å². The lowest BCUT2D eigenvalue weighted by Crippen LogP contribution is -2.37. The van der Waals surface area contributed by atoms with Crippen LogP contribution in [0.5, 0.6) is 0 Å². The number of hydrogen-bond acceptors (Lipinski definition) is 4. The molecule has 1 N–H and O–H groups in total. The second-order valence-electron chi connectivity index (χ2n) is 8.99. The fourth-order valence-corrected chi connectivity index (χ4v) is 5.95. The van der Waals surface area contributed by atoms with E-state index in [-0.39, 0.29) is 15.2 Å². The molecule has 2 aromatic carbocycles. The van der Waals surface area contributed by atoms with Crippen molar-refractivity contribution in [2.45, 2.75) is 55.7 Å². The van der Waals surface area contributed by atoms with Crippen LogP contribution in [0.25, 0.3) is 0 Å². The van der Waals surface area contributed by atoms with Gasteiger partial charge in [0.25, 0.3) is 10.0 Å². The molecule has 0 spiro atoms. The Labute approximate surface area is 180 Å². The number of rotatable bonds is 5. The first-order chi connectivity index (χ1) is 13.9.